The Balaban J connectivity index is 2.21. The second-order valence-corrected chi connectivity index (χ2v) is 4.15. The number of hydrogen-bond acceptors (Lipinski definition) is 2. The molecule has 13 heavy (non-hydrogen) atoms. The lowest BCUT2D eigenvalue weighted by atomic mass is 9.84. The highest BCUT2D eigenvalue weighted by molar-refractivity contribution is 5.79. The molecule has 0 saturated heterocycles. The van der Waals surface area contributed by atoms with Crippen LogP contribution in [0.25, 0.3) is 0 Å². The van der Waals surface area contributed by atoms with Crippen molar-refractivity contribution in [3.05, 3.63) is 0 Å². The molecule has 76 valence electrons. The lowest BCUT2D eigenvalue weighted by molar-refractivity contribution is -0.136. The van der Waals surface area contributed by atoms with Crippen LogP contribution in [0.1, 0.15) is 32.6 Å². The zero-order valence-corrected chi connectivity index (χ0v) is 8.62. The molecule has 1 aliphatic carbocycles. The van der Waals surface area contributed by atoms with Crippen LogP contribution in [0, 0.1) is 5.92 Å². The van der Waals surface area contributed by atoms with Gasteiger partial charge >= 0.3 is 0 Å². The maximum atomic E-state index is 11.6. The first-order valence-corrected chi connectivity index (χ1v) is 5.12. The Morgan fingerprint density at radius 1 is 1.62 bits per heavy atom. The van der Waals surface area contributed by atoms with Crippen LogP contribution in [-0.4, -0.2) is 30.4 Å². The largest absolute Gasteiger partial charge is 0.345 e. The quantitative estimate of drug-likeness (QED) is 0.708. The highest BCUT2D eigenvalue weighted by atomic mass is 16.2. The van der Waals surface area contributed by atoms with Gasteiger partial charge in [-0.15, -0.1) is 0 Å². The Morgan fingerprint density at radius 3 is 2.62 bits per heavy atom. The predicted octanol–water partition coefficient (Wildman–Crippen LogP) is 0.982. The monoisotopic (exact) mass is 184 g/mol. The van der Waals surface area contributed by atoms with Gasteiger partial charge < -0.3 is 10.6 Å². The minimum absolute atomic E-state index is 0.191. The van der Waals surface area contributed by atoms with E-state index >= 15 is 0 Å². The Hall–Kier alpha value is -0.570. The first kappa shape index (κ1) is 10.5. The minimum Gasteiger partial charge on any atom is -0.345 e. The lowest BCUT2D eigenvalue weighted by Crippen LogP contribution is -2.38. The second kappa shape index (κ2) is 4.61. The smallest absolute Gasteiger partial charge is 0.225 e. The lowest BCUT2D eigenvalue weighted by Gasteiger charge is -2.29. The van der Waals surface area contributed by atoms with Crippen molar-refractivity contribution in [2.75, 3.05) is 13.6 Å². The molecule has 0 aliphatic heterocycles. The van der Waals surface area contributed by atoms with Crippen LogP contribution in [0.15, 0.2) is 0 Å². The van der Waals surface area contributed by atoms with E-state index in [-0.39, 0.29) is 6.04 Å². The molecule has 0 bridgehead atoms. The fraction of sp³-hybridized carbons (Fsp3) is 0.900. The molecule has 1 unspecified atom stereocenters. The summed E-state index contributed by atoms with van der Waals surface area (Å²) in [4.78, 5) is 13.4. The van der Waals surface area contributed by atoms with E-state index < -0.39 is 0 Å². The minimum atomic E-state index is 0.191. The molecule has 1 rings (SSSR count). The zero-order valence-electron chi connectivity index (χ0n) is 8.62. The van der Waals surface area contributed by atoms with Gasteiger partial charge in [-0.1, -0.05) is 6.42 Å². The summed E-state index contributed by atoms with van der Waals surface area (Å²) >= 11 is 0. The summed E-state index contributed by atoms with van der Waals surface area (Å²) in [5.74, 6) is 0.630. The van der Waals surface area contributed by atoms with E-state index in [1.54, 1.807) is 0 Å². The summed E-state index contributed by atoms with van der Waals surface area (Å²) in [5.41, 5.74) is 5.63. The molecule has 1 fully saturated rings. The Morgan fingerprint density at radius 2 is 2.23 bits per heavy atom. The van der Waals surface area contributed by atoms with Crippen molar-refractivity contribution in [1.82, 2.24) is 4.90 Å². The molecule has 1 aliphatic rings. The maximum absolute atomic E-state index is 11.6. The molecule has 0 spiro atoms. The molecule has 1 atom stereocenters. The number of carbonyl (C=O) groups is 1. The van der Waals surface area contributed by atoms with Gasteiger partial charge in [0, 0.05) is 25.6 Å². The number of hydrogen-bond donors (Lipinski definition) is 1. The molecule has 1 amide bonds. The second-order valence-electron chi connectivity index (χ2n) is 4.15. The van der Waals surface area contributed by atoms with Crippen LogP contribution < -0.4 is 5.73 Å². The van der Waals surface area contributed by atoms with Crippen LogP contribution in [0.4, 0.5) is 0 Å². The number of rotatable bonds is 4. The Labute approximate surface area is 80.3 Å². The van der Waals surface area contributed by atoms with Gasteiger partial charge in [-0.3, -0.25) is 4.79 Å². The van der Waals surface area contributed by atoms with Crippen molar-refractivity contribution in [1.29, 1.82) is 0 Å². The van der Waals surface area contributed by atoms with Crippen molar-refractivity contribution < 1.29 is 4.79 Å². The molecule has 2 N–H and O–H groups in total. The van der Waals surface area contributed by atoms with E-state index in [1.165, 1.54) is 6.42 Å². The standard InChI is InChI=1S/C10H20N2O/c1-8(11)6-7-12(2)10(13)9-4-3-5-9/h8-9H,3-7,11H2,1-2H3. The van der Waals surface area contributed by atoms with Gasteiger partial charge in [-0.25, -0.2) is 0 Å². The maximum Gasteiger partial charge on any atom is 0.225 e. The van der Waals surface area contributed by atoms with Gasteiger partial charge in [0.25, 0.3) is 0 Å². The van der Waals surface area contributed by atoms with Gasteiger partial charge in [0.05, 0.1) is 0 Å². The molecule has 3 heteroatoms. The average molecular weight is 184 g/mol. The van der Waals surface area contributed by atoms with Crippen molar-refractivity contribution in [2.24, 2.45) is 11.7 Å². The zero-order chi connectivity index (χ0) is 9.84. The highest BCUT2D eigenvalue weighted by Crippen LogP contribution is 2.27. The molecule has 0 aromatic carbocycles. The molecule has 0 aromatic rings. The summed E-state index contributed by atoms with van der Waals surface area (Å²) in [6.07, 6.45) is 4.29. The first-order valence-electron chi connectivity index (χ1n) is 5.12. The molecule has 1 saturated carbocycles. The van der Waals surface area contributed by atoms with Gasteiger partial charge in [0.15, 0.2) is 0 Å². The number of amides is 1. The fourth-order valence-corrected chi connectivity index (χ4v) is 1.47. The molecule has 0 aromatic heterocycles. The van der Waals surface area contributed by atoms with Crippen LogP contribution in [-0.2, 0) is 4.79 Å². The SMILES string of the molecule is CC(N)CCN(C)C(=O)C1CCC1. The van der Waals surface area contributed by atoms with Gasteiger partial charge in [-0.2, -0.15) is 0 Å². The van der Waals surface area contributed by atoms with E-state index in [1.807, 2.05) is 18.9 Å². The average Bonchev–Trinajstić information content (AvgIpc) is 1.96. The molecule has 0 heterocycles. The van der Waals surface area contributed by atoms with Gasteiger partial charge in [-0.05, 0) is 26.2 Å². The first-order chi connectivity index (χ1) is 6.11. The summed E-state index contributed by atoms with van der Waals surface area (Å²) in [7, 11) is 1.88. The van der Waals surface area contributed by atoms with Crippen LogP contribution in [0.3, 0.4) is 0 Å². The van der Waals surface area contributed by atoms with E-state index in [4.69, 9.17) is 5.73 Å². The third-order valence-electron chi connectivity index (χ3n) is 2.75. The molecular weight excluding hydrogens is 164 g/mol. The van der Waals surface area contributed by atoms with Crippen molar-refractivity contribution in [2.45, 2.75) is 38.6 Å². The summed E-state index contributed by atoms with van der Waals surface area (Å²) < 4.78 is 0. The third kappa shape index (κ3) is 2.99. The van der Waals surface area contributed by atoms with Crippen LogP contribution >= 0.6 is 0 Å². The van der Waals surface area contributed by atoms with E-state index in [0.717, 1.165) is 25.8 Å². The summed E-state index contributed by atoms with van der Waals surface area (Å²) in [6, 6.07) is 0.191. The van der Waals surface area contributed by atoms with Crippen molar-refractivity contribution in [3.8, 4) is 0 Å². The Bertz CT molecular complexity index is 176. The van der Waals surface area contributed by atoms with Crippen LogP contribution in [0.5, 0.6) is 0 Å². The van der Waals surface area contributed by atoms with Gasteiger partial charge in [0.2, 0.25) is 5.91 Å². The summed E-state index contributed by atoms with van der Waals surface area (Å²) in [6.45, 7) is 2.77. The summed E-state index contributed by atoms with van der Waals surface area (Å²) in [5, 5.41) is 0. The van der Waals surface area contributed by atoms with E-state index in [2.05, 4.69) is 0 Å². The van der Waals surface area contributed by atoms with E-state index in [0.29, 0.717) is 11.8 Å². The van der Waals surface area contributed by atoms with Gasteiger partial charge in [0.1, 0.15) is 0 Å². The number of nitrogens with zero attached hydrogens (tertiary/aromatic N) is 1. The fourth-order valence-electron chi connectivity index (χ4n) is 1.47. The van der Waals surface area contributed by atoms with E-state index in [9.17, 15) is 4.79 Å². The third-order valence-corrected chi connectivity index (χ3v) is 2.75. The number of nitrogens with two attached hydrogens (primary N) is 1. The normalized spacial score (nSPS) is 19.3. The predicted molar refractivity (Wildman–Crippen MR) is 53.2 cm³/mol. The number of carbonyl (C=O) groups excluding carboxylic acids is 1. The molecule has 3 nitrogen and oxygen atoms in total. The molecule has 0 radical (unpaired) electrons. The van der Waals surface area contributed by atoms with Crippen LogP contribution in [0.2, 0.25) is 0 Å². The van der Waals surface area contributed by atoms with Crippen molar-refractivity contribution >= 4 is 5.91 Å². The molecular formula is C10H20N2O. The van der Waals surface area contributed by atoms with Crippen molar-refractivity contribution in [3.63, 3.8) is 0 Å². The Kier molecular flexibility index (Phi) is 3.72. The highest BCUT2D eigenvalue weighted by Gasteiger charge is 2.27. The topological polar surface area (TPSA) is 46.3 Å².